The SMILES string of the molecule is CCCN1CCN(c2cc(Nc3ncc(C(=O)Nc4c(Cl)cccc4CO)s3)nc(C)n2)CC1. The Hall–Kier alpha value is -2.79. The van der Waals surface area contributed by atoms with Crippen molar-refractivity contribution in [3.63, 3.8) is 0 Å². The summed E-state index contributed by atoms with van der Waals surface area (Å²) in [4.78, 5) is 31.3. The van der Waals surface area contributed by atoms with Crippen molar-refractivity contribution in [3.05, 3.63) is 51.7 Å². The maximum Gasteiger partial charge on any atom is 0.267 e. The number of halogens is 1. The molecule has 0 unspecified atom stereocenters. The van der Waals surface area contributed by atoms with Gasteiger partial charge in [0, 0.05) is 37.8 Å². The Morgan fingerprint density at radius 2 is 2.03 bits per heavy atom. The molecule has 1 amide bonds. The van der Waals surface area contributed by atoms with Gasteiger partial charge in [-0.05, 0) is 26.0 Å². The normalized spacial score (nSPS) is 14.3. The Labute approximate surface area is 207 Å². The van der Waals surface area contributed by atoms with Crippen LogP contribution in [0.15, 0.2) is 30.5 Å². The van der Waals surface area contributed by atoms with Crippen LogP contribution in [0.1, 0.15) is 34.4 Å². The molecular weight excluding hydrogens is 474 g/mol. The predicted octanol–water partition coefficient (Wildman–Crippen LogP) is 3.92. The molecule has 1 saturated heterocycles. The number of amides is 1. The molecule has 1 aliphatic rings. The molecule has 3 N–H and O–H groups in total. The lowest BCUT2D eigenvalue weighted by Crippen LogP contribution is -2.46. The number of rotatable bonds is 8. The standard InChI is InChI=1S/C23H28ClN7O2S/c1-3-7-30-8-10-31(11-9-30)20-12-19(26-15(2)27-20)28-23-25-13-18(34-23)22(33)29-21-16(14-32)5-4-6-17(21)24/h4-6,12-13,32H,3,7-11,14H2,1-2H3,(H,29,33)(H,25,26,27,28). The summed E-state index contributed by atoms with van der Waals surface area (Å²) in [6, 6.07) is 7.01. The second-order valence-corrected chi connectivity index (χ2v) is 9.47. The molecule has 0 radical (unpaired) electrons. The fraction of sp³-hybridized carbons (Fsp3) is 0.391. The molecule has 3 aromatic rings. The van der Waals surface area contributed by atoms with Crippen molar-refractivity contribution in [2.45, 2.75) is 26.9 Å². The van der Waals surface area contributed by atoms with E-state index < -0.39 is 0 Å². The summed E-state index contributed by atoms with van der Waals surface area (Å²) in [6.07, 6.45) is 2.66. The first kappa shape index (κ1) is 24.3. The van der Waals surface area contributed by atoms with Crippen molar-refractivity contribution in [1.82, 2.24) is 19.9 Å². The molecule has 0 bridgehead atoms. The van der Waals surface area contributed by atoms with Crippen molar-refractivity contribution in [3.8, 4) is 0 Å². The van der Waals surface area contributed by atoms with Gasteiger partial charge in [-0.2, -0.15) is 0 Å². The average molecular weight is 502 g/mol. The third-order valence-corrected chi connectivity index (χ3v) is 6.76. The van der Waals surface area contributed by atoms with Crippen LogP contribution in [0.3, 0.4) is 0 Å². The third-order valence-electron chi connectivity index (χ3n) is 5.53. The molecule has 34 heavy (non-hydrogen) atoms. The quantitative estimate of drug-likeness (QED) is 0.426. The zero-order chi connectivity index (χ0) is 24.1. The number of carbonyl (C=O) groups excluding carboxylic acids is 1. The molecule has 1 aliphatic heterocycles. The molecular formula is C23H28ClN7O2S. The Balaban J connectivity index is 1.44. The minimum absolute atomic E-state index is 0.227. The Bertz CT molecular complexity index is 1150. The smallest absolute Gasteiger partial charge is 0.267 e. The number of para-hydroxylation sites is 1. The highest BCUT2D eigenvalue weighted by Gasteiger charge is 2.19. The van der Waals surface area contributed by atoms with Gasteiger partial charge >= 0.3 is 0 Å². The van der Waals surface area contributed by atoms with Crippen molar-refractivity contribution >= 4 is 51.3 Å². The summed E-state index contributed by atoms with van der Waals surface area (Å²) in [5, 5.41) is 16.4. The number of benzene rings is 1. The third kappa shape index (κ3) is 5.82. The lowest BCUT2D eigenvalue weighted by Gasteiger charge is -2.35. The van der Waals surface area contributed by atoms with Crippen LogP contribution in [-0.2, 0) is 6.61 Å². The van der Waals surface area contributed by atoms with Crippen LogP contribution in [0.4, 0.5) is 22.5 Å². The van der Waals surface area contributed by atoms with Gasteiger partial charge in [0.1, 0.15) is 22.3 Å². The molecule has 1 fully saturated rings. The van der Waals surface area contributed by atoms with Crippen LogP contribution in [0.25, 0.3) is 0 Å². The molecule has 4 rings (SSSR count). The van der Waals surface area contributed by atoms with Crippen molar-refractivity contribution < 1.29 is 9.90 Å². The number of thiazole rings is 1. The monoisotopic (exact) mass is 501 g/mol. The van der Waals surface area contributed by atoms with Gasteiger partial charge < -0.3 is 20.6 Å². The van der Waals surface area contributed by atoms with Crippen LogP contribution in [-0.4, -0.2) is 63.6 Å². The van der Waals surface area contributed by atoms with Crippen molar-refractivity contribution in [2.75, 3.05) is 48.3 Å². The zero-order valence-electron chi connectivity index (χ0n) is 19.2. The number of aromatic nitrogens is 3. The number of piperazine rings is 1. The van der Waals surface area contributed by atoms with E-state index in [4.69, 9.17) is 11.6 Å². The van der Waals surface area contributed by atoms with E-state index in [-0.39, 0.29) is 12.5 Å². The van der Waals surface area contributed by atoms with E-state index in [1.807, 2.05) is 13.0 Å². The summed E-state index contributed by atoms with van der Waals surface area (Å²) < 4.78 is 0. The first-order valence-corrected chi connectivity index (χ1v) is 12.4. The maximum atomic E-state index is 12.7. The van der Waals surface area contributed by atoms with E-state index in [1.165, 1.54) is 17.5 Å². The van der Waals surface area contributed by atoms with Gasteiger partial charge in [-0.15, -0.1) is 0 Å². The first-order chi connectivity index (χ1) is 16.5. The summed E-state index contributed by atoms with van der Waals surface area (Å²) >= 11 is 7.41. The first-order valence-electron chi connectivity index (χ1n) is 11.2. The minimum Gasteiger partial charge on any atom is -0.392 e. The Morgan fingerprint density at radius 1 is 1.24 bits per heavy atom. The van der Waals surface area contributed by atoms with Gasteiger partial charge in [0.05, 0.1) is 23.5 Å². The Kier molecular flexibility index (Phi) is 7.94. The van der Waals surface area contributed by atoms with Crippen LogP contribution in [0, 0.1) is 6.92 Å². The second kappa shape index (κ2) is 11.1. The number of aliphatic hydroxyl groups is 1. The summed E-state index contributed by atoms with van der Waals surface area (Å²) in [7, 11) is 0. The lowest BCUT2D eigenvalue weighted by atomic mass is 10.2. The van der Waals surface area contributed by atoms with E-state index in [9.17, 15) is 9.90 Å². The highest BCUT2D eigenvalue weighted by atomic mass is 35.5. The number of carbonyl (C=O) groups is 1. The zero-order valence-corrected chi connectivity index (χ0v) is 20.8. The van der Waals surface area contributed by atoms with E-state index in [0.29, 0.717) is 37.9 Å². The maximum absolute atomic E-state index is 12.7. The Morgan fingerprint density at radius 3 is 2.76 bits per heavy atom. The van der Waals surface area contributed by atoms with Gasteiger partial charge in [0.25, 0.3) is 5.91 Å². The number of aliphatic hydroxyl groups excluding tert-OH is 1. The highest BCUT2D eigenvalue weighted by Crippen LogP contribution is 2.29. The fourth-order valence-corrected chi connectivity index (χ4v) is 4.82. The van der Waals surface area contributed by atoms with Crippen LogP contribution in [0.5, 0.6) is 0 Å². The largest absolute Gasteiger partial charge is 0.392 e. The van der Waals surface area contributed by atoms with Gasteiger partial charge in [-0.3, -0.25) is 9.69 Å². The van der Waals surface area contributed by atoms with Gasteiger partial charge in [-0.1, -0.05) is 42.0 Å². The number of hydrogen-bond donors (Lipinski definition) is 3. The number of nitrogens with one attached hydrogen (secondary N) is 2. The summed E-state index contributed by atoms with van der Waals surface area (Å²) in [6.45, 7) is 8.86. The van der Waals surface area contributed by atoms with E-state index in [0.717, 1.165) is 45.0 Å². The molecule has 9 nitrogen and oxygen atoms in total. The molecule has 11 heteroatoms. The fourth-order valence-electron chi connectivity index (χ4n) is 3.86. The van der Waals surface area contributed by atoms with E-state index in [2.05, 4.69) is 42.3 Å². The molecule has 1 aromatic carbocycles. The van der Waals surface area contributed by atoms with Crippen LogP contribution in [0.2, 0.25) is 5.02 Å². The van der Waals surface area contributed by atoms with Crippen molar-refractivity contribution in [1.29, 1.82) is 0 Å². The topological polar surface area (TPSA) is 107 Å². The average Bonchev–Trinajstić information content (AvgIpc) is 3.29. The number of aryl methyl sites for hydroxylation is 1. The van der Waals surface area contributed by atoms with Crippen LogP contribution < -0.4 is 15.5 Å². The molecule has 0 aliphatic carbocycles. The van der Waals surface area contributed by atoms with Crippen LogP contribution >= 0.6 is 22.9 Å². The van der Waals surface area contributed by atoms with E-state index >= 15 is 0 Å². The van der Waals surface area contributed by atoms with Gasteiger partial charge in [0.2, 0.25) is 0 Å². The number of hydrogen-bond acceptors (Lipinski definition) is 9. The lowest BCUT2D eigenvalue weighted by molar-refractivity contribution is 0.103. The highest BCUT2D eigenvalue weighted by molar-refractivity contribution is 7.17. The number of nitrogens with zero attached hydrogens (tertiary/aromatic N) is 5. The molecule has 0 spiro atoms. The number of anilines is 4. The van der Waals surface area contributed by atoms with E-state index in [1.54, 1.807) is 18.2 Å². The molecule has 0 atom stereocenters. The van der Waals surface area contributed by atoms with Gasteiger partial charge in [-0.25, -0.2) is 15.0 Å². The second-order valence-electron chi connectivity index (χ2n) is 8.03. The predicted molar refractivity (Wildman–Crippen MR) is 136 cm³/mol. The molecule has 3 heterocycles. The molecule has 180 valence electrons. The molecule has 2 aromatic heterocycles. The molecule has 0 saturated carbocycles. The van der Waals surface area contributed by atoms with Crippen molar-refractivity contribution in [2.24, 2.45) is 0 Å². The van der Waals surface area contributed by atoms with Gasteiger partial charge in [0.15, 0.2) is 5.13 Å². The summed E-state index contributed by atoms with van der Waals surface area (Å²) in [5.74, 6) is 1.84. The minimum atomic E-state index is -0.349. The summed E-state index contributed by atoms with van der Waals surface area (Å²) in [5.41, 5.74) is 0.943.